The highest BCUT2D eigenvalue weighted by atomic mass is 32.2. The lowest BCUT2D eigenvalue weighted by atomic mass is 10.1. The van der Waals surface area contributed by atoms with Gasteiger partial charge in [-0.15, -0.1) is 0 Å². The first-order valence-electron chi connectivity index (χ1n) is 8.45. The Hall–Kier alpha value is -1.18. The number of hydrogen-bond donors (Lipinski definition) is 2. The first-order chi connectivity index (χ1) is 11.3. The minimum atomic E-state index is -3.09. The van der Waals surface area contributed by atoms with E-state index in [1.807, 2.05) is 13.0 Å². The van der Waals surface area contributed by atoms with Gasteiger partial charge in [0.05, 0.1) is 5.75 Å². The van der Waals surface area contributed by atoms with Gasteiger partial charge < -0.3 is 10.6 Å². The van der Waals surface area contributed by atoms with Crippen LogP contribution in [0.4, 0.5) is 5.69 Å². The lowest BCUT2D eigenvalue weighted by Gasteiger charge is -2.32. The third kappa shape index (κ3) is 4.91. The third-order valence-electron chi connectivity index (χ3n) is 4.36. The first-order valence-corrected chi connectivity index (χ1v) is 10.5. The minimum absolute atomic E-state index is 0.211. The van der Waals surface area contributed by atoms with Crippen LogP contribution in [0.25, 0.3) is 0 Å². The van der Waals surface area contributed by atoms with Crippen molar-refractivity contribution in [3.63, 3.8) is 0 Å². The number of para-hydroxylation sites is 1. The van der Waals surface area contributed by atoms with Gasteiger partial charge in [0.25, 0.3) is 0 Å². The van der Waals surface area contributed by atoms with Crippen molar-refractivity contribution in [1.29, 1.82) is 0 Å². The summed E-state index contributed by atoms with van der Waals surface area (Å²) < 4.78 is 25.8. The van der Waals surface area contributed by atoms with Gasteiger partial charge in [0.2, 0.25) is 10.0 Å². The predicted molar refractivity (Wildman–Crippen MR) is 104 cm³/mol. The van der Waals surface area contributed by atoms with Crippen LogP contribution in [0.3, 0.4) is 0 Å². The van der Waals surface area contributed by atoms with E-state index in [1.54, 1.807) is 4.31 Å². The third-order valence-corrected chi connectivity index (χ3v) is 6.66. The highest BCUT2D eigenvalue weighted by Gasteiger charge is 2.27. The fourth-order valence-electron chi connectivity index (χ4n) is 3.01. The fraction of sp³-hybridized carbons (Fsp3) is 0.588. The molecular weight excluding hydrogens is 342 g/mol. The molecule has 0 unspecified atom stereocenters. The molecule has 0 bridgehead atoms. The van der Waals surface area contributed by atoms with Gasteiger partial charge in [0.15, 0.2) is 5.11 Å². The fourth-order valence-corrected chi connectivity index (χ4v) is 4.82. The van der Waals surface area contributed by atoms with Gasteiger partial charge >= 0.3 is 0 Å². The Bertz CT molecular complexity index is 661. The Balaban J connectivity index is 1.87. The van der Waals surface area contributed by atoms with E-state index < -0.39 is 10.0 Å². The molecule has 2 rings (SSSR count). The number of benzene rings is 1. The maximum absolute atomic E-state index is 12.1. The lowest BCUT2D eigenvalue weighted by molar-refractivity contribution is 0.308. The molecule has 134 valence electrons. The quantitative estimate of drug-likeness (QED) is 0.782. The summed E-state index contributed by atoms with van der Waals surface area (Å²) >= 11 is 5.43. The summed E-state index contributed by atoms with van der Waals surface area (Å²) in [7, 11) is -3.09. The molecule has 0 saturated carbocycles. The largest absolute Gasteiger partial charge is 0.360 e. The summed E-state index contributed by atoms with van der Waals surface area (Å²) in [5.74, 6) is 0.234. The van der Waals surface area contributed by atoms with Crippen molar-refractivity contribution in [3.8, 4) is 0 Å². The Morgan fingerprint density at radius 2 is 1.83 bits per heavy atom. The molecule has 1 aliphatic heterocycles. The van der Waals surface area contributed by atoms with Crippen LogP contribution < -0.4 is 10.6 Å². The summed E-state index contributed by atoms with van der Waals surface area (Å²) in [6.45, 7) is 7.12. The van der Waals surface area contributed by atoms with Crippen molar-refractivity contribution < 1.29 is 8.42 Å². The summed E-state index contributed by atoms with van der Waals surface area (Å²) in [4.78, 5) is 0. The second-order valence-corrected chi connectivity index (χ2v) is 8.85. The number of hydrogen-bond acceptors (Lipinski definition) is 3. The van der Waals surface area contributed by atoms with Gasteiger partial charge in [0, 0.05) is 24.8 Å². The molecule has 2 N–H and O–H groups in total. The number of piperidine rings is 1. The number of aryl methyl sites for hydroxylation is 2. The summed E-state index contributed by atoms with van der Waals surface area (Å²) in [6.07, 6.45) is 2.21. The molecule has 0 aromatic heterocycles. The number of thiocarbonyl (C=S) groups is 1. The van der Waals surface area contributed by atoms with Crippen molar-refractivity contribution >= 4 is 33.0 Å². The van der Waals surface area contributed by atoms with Crippen molar-refractivity contribution in [2.24, 2.45) is 0 Å². The van der Waals surface area contributed by atoms with Crippen molar-refractivity contribution in [2.75, 3.05) is 24.2 Å². The minimum Gasteiger partial charge on any atom is -0.360 e. The lowest BCUT2D eigenvalue weighted by Crippen LogP contribution is -2.47. The zero-order valence-corrected chi connectivity index (χ0v) is 16.3. The highest BCUT2D eigenvalue weighted by molar-refractivity contribution is 7.89. The molecule has 1 aromatic rings. The van der Waals surface area contributed by atoms with Crippen molar-refractivity contribution in [3.05, 3.63) is 29.3 Å². The van der Waals surface area contributed by atoms with Gasteiger partial charge in [-0.25, -0.2) is 12.7 Å². The Labute approximate surface area is 150 Å². The molecule has 5 nitrogen and oxygen atoms in total. The first kappa shape index (κ1) is 19.1. The number of anilines is 1. The smallest absolute Gasteiger partial charge is 0.214 e. The molecule has 7 heteroatoms. The van der Waals surface area contributed by atoms with E-state index in [9.17, 15) is 8.42 Å². The zero-order chi connectivity index (χ0) is 17.7. The number of rotatable bonds is 5. The van der Waals surface area contributed by atoms with Crippen LogP contribution in [0.15, 0.2) is 18.2 Å². The van der Waals surface area contributed by atoms with E-state index in [0.29, 0.717) is 24.6 Å². The molecule has 0 amide bonds. The average Bonchev–Trinajstić information content (AvgIpc) is 2.51. The molecule has 1 heterocycles. The molecule has 1 fully saturated rings. The second-order valence-electron chi connectivity index (χ2n) is 6.35. The number of sulfonamides is 1. The Kier molecular flexibility index (Phi) is 6.60. The number of nitrogens with one attached hydrogen (secondary N) is 2. The Morgan fingerprint density at radius 1 is 1.25 bits per heavy atom. The summed E-state index contributed by atoms with van der Waals surface area (Å²) in [5, 5.41) is 7.20. The maximum atomic E-state index is 12.1. The van der Waals surface area contributed by atoms with Gasteiger partial charge in [-0.3, -0.25) is 0 Å². The van der Waals surface area contributed by atoms with E-state index in [4.69, 9.17) is 12.2 Å². The van der Waals surface area contributed by atoms with Crippen LogP contribution in [0.2, 0.25) is 0 Å². The Morgan fingerprint density at radius 3 is 2.38 bits per heavy atom. The number of nitrogens with zero attached hydrogens (tertiary/aromatic N) is 1. The molecule has 0 radical (unpaired) electrons. The molecular formula is C17H27N3O2S2. The normalized spacial score (nSPS) is 16.8. The maximum Gasteiger partial charge on any atom is 0.214 e. The van der Waals surface area contributed by atoms with Crippen LogP contribution in [0.1, 0.15) is 37.3 Å². The highest BCUT2D eigenvalue weighted by Crippen LogP contribution is 2.20. The topological polar surface area (TPSA) is 61.4 Å². The standard InChI is InChI=1S/C17H27N3O2S2/c1-4-12-24(21,22)20-10-8-15(9-11-20)18-17(23)19-16-13(2)6-5-7-14(16)3/h5-7,15H,4,8-12H2,1-3H3,(H2,18,19,23). The molecule has 0 atom stereocenters. The second kappa shape index (κ2) is 8.27. The molecule has 1 aromatic carbocycles. The van der Waals surface area contributed by atoms with Crippen LogP contribution in [0.5, 0.6) is 0 Å². The van der Waals surface area contributed by atoms with Crippen LogP contribution in [0, 0.1) is 13.8 Å². The van der Waals surface area contributed by atoms with E-state index >= 15 is 0 Å². The monoisotopic (exact) mass is 369 g/mol. The molecule has 1 aliphatic rings. The molecule has 0 spiro atoms. The van der Waals surface area contributed by atoms with E-state index in [1.165, 1.54) is 0 Å². The average molecular weight is 370 g/mol. The van der Waals surface area contributed by atoms with Gasteiger partial charge in [-0.05, 0) is 56.5 Å². The predicted octanol–water partition coefficient (Wildman–Crippen LogP) is 2.79. The summed E-state index contributed by atoms with van der Waals surface area (Å²) in [6, 6.07) is 6.34. The van der Waals surface area contributed by atoms with Gasteiger partial charge in [0.1, 0.15) is 0 Å². The van der Waals surface area contributed by atoms with Gasteiger partial charge in [-0.2, -0.15) is 0 Å². The molecule has 1 saturated heterocycles. The SMILES string of the molecule is CCCS(=O)(=O)N1CCC(NC(=S)Nc2c(C)cccc2C)CC1. The summed E-state index contributed by atoms with van der Waals surface area (Å²) in [5.41, 5.74) is 3.34. The van der Waals surface area contributed by atoms with Crippen LogP contribution in [-0.4, -0.2) is 42.7 Å². The van der Waals surface area contributed by atoms with Crippen LogP contribution >= 0.6 is 12.2 Å². The molecule has 0 aliphatic carbocycles. The van der Waals surface area contributed by atoms with E-state index in [-0.39, 0.29) is 11.8 Å². The molecule has 24 heavy (non-hydrogen) atoms. The van der Waals surface area contributed by atoms with E-state index in [2.05, 4.69) is 36.6 Å². The van der Waals surface area contributed by atoms with Gasteiger partial charge in [-0.1, -0.05) is 25.1 Å². The zero-order valence-electron chi connectivity index (χ0n) is 14.6. The van der Waals surface area contributed by atoms with Crippen molar-refractivity contribution in [2.45, 2.75) is 46.1 Å². The van der Waals surface area contributed by atoms with Crippen molar-refractivity contribution in [1.82, 2.24) is 9.62 Å². The van der Waals surface area contributed by atoms with E-state index in [0.717, 1.165) is 29.7 Å². The van der Waals surface area contributed by atoms with Crippen LogP contribution in [-0.2, 0) is 10.0 Å².